The van der Waals surface area contributed by atoms with Gasteiger partial charge in [0.15, 0.2) is 11.5 Å². The normalized spacial score (nSPS) is 16.5. The molecule has 114 valence electrons. The Hall–Kier alpha value is -1.52. The van der Waals surface area contributed by atoms with Crippen molar-refractivity contribution >= 4 is 45.7 Å². The van der Waals surface area contributed by atoms with E-state index >= 15 is 0 Å². The molecule has 1 saturated carbocycles. The van der Waals surface area contributed by atoms with Gasteiger partial charge >= 0.3 is 0 Å². The summed E-state index contributed by atoms with van der Waals surface area (Å²) < 4.78 is 2.01. The number of fused-ring (bicyclic) bond motifs is 3. The molecule has 1 aromatic carbocycles. The number of nitrogens with one attached hydrogen (secondary N) is 1. The Morgan fingerprint density at radius 2 is 1.86 bits per heavy atom. The fraction of sp³-hybridized carbons (Fsp3) is 0.375. The Balaban J connectivity index is 1.85. The molecule has 0 spiro atoms. The zero-order valence-electron chi connectivity index (χ0n) is 12.0. The number of benzene rings is 1. The van der Waals surface area contributed by atoms with E-state index in [4.69, 9.17) is 28.2 Å². The van der Waals surface area contributed by atoms with E-state index in [1.807, 2.05) is 22.7 Å². The number of imidazole rings is 1. The van der Waals surface area contributed by atoms with Gasteiger partial charge in [-0.25, -0.2) is 9.97 Å². The molecular formula is C16H16Cl2N4. The molecule has 0 bridgehead atoms. The van der Waals surface area contributed by atoms with Crippen molar-refractivity contribution in [3.63, 3.8) is 0 Å². The van der Waals surface area contributed by atoms with Crippen LogP contribution >= 0.6 is 23.2 Å². The van der Waals surface area contributed by atoms with E-state index in [1.54, 1.807) is 6.20 Å². The summed E-state index contributed by atoms with van der Waals surface area (Å²) in [6, 6.07) is 4.12. The Labute approximate surface area is 138 Å². The lowest BCUT2D eigenvalue weighted by molar-refractivity contribution is 0.462. The van der Waals surface area contributed by atoms with E-state index in [9.17, 15) is 0 Å². The van der Waals surface area contributed by atoms with Crippen molar-refractivity contribution in [3.05, 3.63) is 34.6 Å². The Morgan fingerprint density at radius 3 is 2.68 bits per heavy atom. The van der Waals surface area contributed by atoms with Crippen LogP contribution in [0, 0.1) is 0 Å². The highest BCUT2D eigenvalue weighted by molar-refractivity contribution is 6.42. The van der Waals surface area contributed by atoms with Gasteiger partial charge in [-0.2, -0.15) is 0 Å². The Bertz CT molecular complexity index is 837. The molecule has 2 heterocycles. The fourth-order valence-electron chi connectivity index (χ4n) is 3.19. The molecule has 1 aliphatic rings. The summed E-state index contributed by atoms with van der Waals surface area (Å²) in [5.41, 5.74) is 2.56. The number of anilines is 1. The maximum atomic E-state index is 6.14. The van der Waals surface area contributed by atoms with Crippen LogP contribution in [-0.4, -0.2) is 20.4 Å². The first-order valence-corrected chi connectivity index (χ1v) is 8.36. The monoisotopic (exact) mass is 334 g/mol. The van der Waals surface area contributed by atoms with Crippen LogP contribution in [0.25, 0.3) is 16.7 Å². The third kappa shape index (κ3) is 2.40. The van der Waals surface area contributed by atoms with Crippen molar-refractivity contribution < 1.29 is 0 Å². The molecule has 0 amide bonds. The predicted octanol–water partition coefficient (Wildman–Crippen LogP) is 4.93. The molecule has 1 fully saturated rings. The van der Waals surface area contributed by atoms with Crippen LogP contribution in [0.3, 0.4) is 0 Å². The van der Waals surface area contributed by atoms with E-state index in [2.05, 4.69) is 10.3 Å². The molecular weight excluding hydrogens is 319 g/mol. The summed E-state index contributed by atoms with van der Waals surface area (Å²) in [5, 5.41) is 4.61. The molecule has 0 radical (unpaired) electrons. The van der Waals surface area contributed by atoms with Crippen molar-refractivity contribution in [2.24, 2.45) is 0 Å². The van der Waals surface area contributed by atoms with Gasteiger partial charge in [-0.05, 0) is 25.0 Å². The molecule has 1 N–H and O–H groups in total. The van der Waals surface area contributed by atoms with Crippen molar-refractivity contribution in [2.45, 2.75) is 38.1 Å². The summed E-state index contributed by atoms with van der Waals surface area (Å²) in [6.45, 7) is 0. The molecule has 22 heavy (non-hydrogen) atoms. The minimum atomic E-state index is 0.474. The average molecular weight is 335 g/mol. The topological polar surface area (TPSA) is 42.2 Å². The number of nitrogens with zero attached hydrogens (tertiary/aromatic N) is 3. The van der Waals surface area contributed by atoms with Crippen LogP contribution < -0.4 is 5.32 Å². The Kier molecular flexibility index (Phi) is 3.59. The van der Waals surface area contributed by atoms with Gasteiger partial charge in [-0.15, -0.1) is 0 Å². The van der Waals surface area contributed by atoms with Gasteiger partial charge in [0.05, 0.1) is 21.1 Å². The van der Waals surface area contributed by atoms with Gasteiger partial charge in [0.1, 0.15) is 0 Å². The van der Waals surface area contributed by atoms with Crippen molar-refractivity contribution in [3.8, 4) is 0 Å². The largest absolute Gasteiger partial charge is 0.364 e. The number of aromatic nitrogens is 3. The minimum absolute atomic E-state index is 0.474. The van der Waals surface area contributed by atoms with E-state index in [-0.39, 0.29) is 0 Å². The second-order valence-electron chi connectivity index (χ2n) is 5.82. The van der Waals surface area contributed by atoms with Crippen LogP contribution in [0.1, 0.15) is 32.1 Å². The molecule has 0 saturated heterocycles. The first-order valence-electron chi connectivity index (χ1n) is 7.61. The van der Waals surface area contributed by atoms with E-state index in [0.717, 1.165) is 22.5 Å². The quantitative estimate of drug-likeness (QED) is 0.722. The van der Waals surface area contributed by atoms with E-state index in [1.165, 1.54) is 32.1 Å². The average Bonchev–Trinajstić information content (AvgIpc) is 3.00. The zero-order valence-corrected chi connectivity index (χ0v) is 13.5. The van der Waals surface area contributed by atoms with Gasteiger partial charge in [0, 0.05) is 18.4 Å². The fourth-order valence-corrected chi connectivity index (χ4v) is 3.50. The lowest BCUT2D eigenvalue weighted by Gasteiger charge is -2.23. The van der Waals surface area contributed by atoms with Crippen molar-refractivity contribution in [2.75, 3.05) is 5.32 Å². The van der Waals surface area contributed by atoms with Crippen LogP contribution in [0.2, 0.25) is 10.0 Å². The molecule has 0 aliphatic heterocycles. The summed E-state index contributed by atoms with van der Waals surface area (Å²) in [5.74, 6) is 0.822. The number of halogens is 2. The van der Waals surface area contributed by atoms with Crippen LogP contribution in [-0.2, 0) is 0 Å². The molecule has 4 rings (SSSR count). The maximum Gasteiger partial charge on any atom is 0.180 e. The van der Waals surface area contributed by atoms with Crippen molar-refractivity contribution in [1.82, 2.24) is 14.4 Å². The first-order chi connectivity index (χ1) is 10.7. The van der Waals surface area contributed by atoms with Crippen LogP contribution in [0.5, 0.6) is 0 Å². The predicted molar refractivity (Wildman–Crippen MR) is 91.0 cm³/mol. The summed E-state index contributed by atoms with van der Waals surface area (Å²) in [7, 11) is 0. The molecule has 0 unspecified atom stereocenters. The van der Waals surface area contributed by atoms with E-state index in [0.29, 0.717) is 16.1 Å². The number of hydrogen-bond donors (Lipinski definition) is 1. The Morgan fingerprint density at radius 1 is 1.09 bits per heavy atom. The molecule has 0 atom stereocenters. The lowest BCUT2D eigenvalue weighted by atomic mass is 9.95. The molecule has 3 aromatic rings. The third-order valence-electron chi connectivity index (χ3n) is 4.31. The van der Waals surface area contributed by atoms with Crippen LogP contribution in [0.4, 0.5) is 5.82 Å². The van der Waals surface area contributed by atoms with Crippen molar-refractivity contribution in [1.29, 1.82) is 0 Å². The second-order valence-corrected chi connectivity index (χ2v) is 6.63. The maximum absolute atomic E-state index is 6.14. The van der Waals surface area contributed by atoms with Gasteiger partial charge in [-0.3, -0.25) is 4.40 Å². The molecule has 6 heteroatoms. The number of hydrogen-bond acceptors (Lipinski definition) is 3. The highest BCUT2D eigenvalue weighted by atomic mass is 35.5. The van der Waals surface area contributed by atoms with Gasteiger partial charge < -0.3 is 5.32 Å². The highest BCUT2D eigenvalue weighted by Crippen LogP contribution is 2.30. The van der Waals surface area contributed by atoms with Gasteiger partial charge in [0.25, 0.3) is 0 Å². The standard InChI is InChI=1S/C16H16Cl2N4/c17-11-8-13-14(9-12(11)18)22-7-6-19-16(22)15(21-13)20-10-4-2-1-3-5-10/h6-10H,1-5H2,(H,20,21). The van der Waals surface area contributed by atoms with Gasteiger partial charge in [0.2, 0.25) is 0 Å². The van der Waals surface area contributed by atoms with Crippen LogP contribution in [0.15, 0.2) is 24.5 Å². The lowest BCUT2D eigenvalue weighted by Crippen LogP contribution is -2.23. The molecule has 4 nitrogen and oxygen atoms in total. The third-order valence-corrected chi connectivity index (χ3v) is 5.03. The summed E-state index contributed by atoms with van der Waals surface area (Å²) in [4.78, 5) is 9.18. The summed E-state index contributed by atoms with van der Waals surface area (Å²) >= 11 is 12.3. The van der Waals surface area contributed by atoms with Gasteiger partial charge in [-0.1, -0.05) is 42.5 Å². The highest BCUT2D eigenvalue weighted by Gasteiger charge is 2.17. The first kappa shape index (κ1) is 14.1. The summed E-state index contributed by atoms with van der Waals surface area (Å²) in [6.07, 6.45) is 9.97. The minimum Gasteiger partial charge on any atom is -0.364 e. The number of rotatable bonds is 2. The SMILES string of the molecule is Clc1cc2nc(NC3CCCCC3)c3nccn3c2cc1Cl. The zero-order chi connectivity index (χ0) is 15.1. The van der Waals surface area contributed by atoms with E-state index < -0.39 is 0 Å². The molecule has 2 aromatic heterocycles. The second kappa shape index (κ2) is 5.60. The molecule has 1 aliphatic carbocycles. The smallest absolute Gasteiger partial charge is 0.180 e.